The number of allylic oxidation sites excluding steroid dienone is 1. The first-order valence-corrected chi connectivity index (χ1v) is 8.15. The minimum atomic E-state index is -0.453. The zero-order valence-corrected chi connectivity index (χ0v) is 14.7. The number of ketones is 1. The minimum Gasteiger partial charge on any atom is -0.289 e. The van der Waals surface area contributed by atoms with E-state index in [-0.39, 0.29) is 17.3 Å². The van der Waals surface area contributed by atoms with Crippen molar-refractivity contribution in [1.29, 1.82) is 0 Å². The topological polar surface area (TPSA) is 78.0 Å². The van der Waals surface area contributed by atoms with E-state index >= 15 is 0 Å². The number of nitro groups is 1. The van der Waals surface area contributed by atoms with E-state index in [1.165, 1.54) is 36.5 Å². The third-order valence-electron chi connectivity index (χ3n) is 4.20. The second-order valence-electron chi connectivity index (χ2n) is 6.03. The Balaban J connectivity index is 1.85. The molecule has 27 heavy (non-hydrogen) atoms. The van der Waals surface area contributed by atoms with Crippen molar-refractivity contribution in [3.05, 3.63) is 93.1 Å². The Morgan fingerprint density at radius 1 is 1.19 bits per heavy atom. The van der Waals surface area contributed by atoms with E-state index in [2.05, 4.69) is 5.10 Å². The molecular formula is C20H16FN3O3. The van der Waals surface area contributed by atoms with Crippen LogP contribution in [-0.4, -0.2) is 20.5 Å². The maximum atomic E-state index is 13.1. The summed E-state index contributed by atoms with van der Waals surface area (Å²) in [5.74, 6) is -0.626. The van der Waals surface area contributed by atoms with Crippen LogP contribution in [0.1, 0.15) is 27.2 Å². The Morgan fingerprint density at radius 2 is 1.89 bits per heavy atom. The van der Waals surface area contributed by atoms with E-state index in [0.717, 1.165) is 0 Å². The number of nitro benzene ring substituents is 1. The third-order valence-corrected chi connectivity index (χ3v) is 4.20. The maximum absolute atomic E-state index is 13.1. The highest BCUT2D eigenvalue weighted by Crippen LogP contribution is 2.21. The number of hydrogen-bond acceptors (Lipinski definition) is 4. The van der Waals surface area contributed by atoms with Gasteiger partial charge < -0.3 is 0 Å². The van der Waals surface area contributed by atoms with Gasteiger partial charge in [0.1, 0.15) is 5.82 Å². The average molecular weight is 365 g/mol. The number of halogens is 1. The molecule has 1 aromatic heterocycles. The summed E-state index contributed by atoms with van der Waals surface area (Å²) in [6.07, 6.45) is 4.33. The van der Waals surface area contributed by atoms with Crippen LogP contribution in [0.2, 0.25) is 0 Å². The zero-order chi connectivity index (χ0) is 19.6. The highest BCUT2D eigenvalue weighted by Gasteiger charge is 2.14. The number of aryl methyl sites for hydroxylation is 1. The molecule has 0 saturated heterocycles. The van der Waals surface area contributed by atoms with Gasteiger partial charge in [0.25, 0.3) is 5.69 Å². The molecule has 0 aliphatic rings. The van der Waals surface area contributed by atoms with Gasteiger partial charge in [-0.05, 0) is 49.8 Å². The molecule has 2 aromatic carbocycles. The fourth-order valence-corrected chi connectivity index (χ4v) is 2.68. The van der Waals surface area contributed by atoms with E-state index < -0.39 is 4.92 Å². The van der Waals surface area contributed by atoms with Crippen LogP contribution in [0.5, 0.6) is 0 Å². The number of carbonyl (C=O) groups excluding carboxylic acids is 1. The van der Waals surface area contributed by atoms with Crippen molar-refractivity contribution in [3.8, 4) is 5.69 Å². The molecule has 1 heterocycles. The van der Waals surface area contributed by atoms with Crippen LogP contribution in [0.25, 0.3) is 11.8 Å². The average Bonchev–Trinajstić information content (AvgIpc) is 3.02. The summed E-state index contributed by atoms with van der Waals surface area (Å²) in [4.78, 5) is 23.1. The zero-order valence-electron chi connectivity index (χ0n) is 14.7. The van der Waals surface area contributed by atoms with Gasteiger partial charge in [-0.2, -0.15) is 5.10 Å². The Bertz CT molecular complexity index is 1050. The van der Waals surface area contributed by atoms with Crippen molar-refractivity contribution in [2.45, 2.75) is 13.8 Å². The maximum Gasteiger partial charge on any atom is 0.272 e. The molecular weight excluding hydrogens is 349 g/mol. The third kappa shape index (κ3) is 3.82. The fraction of sp³-hybridized carbons (Fsp3) is 0.100. The molecule has 6 nitrogen and oxygen atoms in total. The fourth-order valence-electron chi connectivity index (χ4n) is 2.68. The molecule has 3 rings (SSSR count). The monoisotopic (exact) mass is 365 g/mol. The van der Waals surface area contributed by atoms with Gasteiger partial charge in [-0.15, -0.1) is 0 Å². The largest absolute Gasteiger partial charge is 0.289 e. The summed E-state index contributed by atoms with van der Waals surface area (Å²) in [7, 11) is 0. The Labute approximate surface area is 154 Å². The first-order chi connectivity index (χ1) is 12.9. The first-order valence-electron chi connectivity index (χ1n) is 8.15. The van der Waals surface area contributed by atoms with Gasteiger partial charge >= 0.3 is 0 Å². The van der Waals surface area contributed by atoms with Crippen LogP contribution < -0.4 is 0 Å². The Kier molecular flexibility index (Phi) is 4.94. The van der Waals surface area contributed by atoms with Crippen molar-refractivity contribution in [1.82, 2.24) is 9.78 Å². The standard InChI is InChI=1S/C20H16FN3O3/c1-13-3-4-15(11-19(13)24(26)27)5-10-20(25)18-12-22-23(14(18)2)17-8-6-16(21)7-9-17/h3-12H,1-2H3/b10-5+. The number of hydrogen-bond donors (Lipinski definition) is 0. The van der Waals surface area contributed by atoms with Crippen LogP contribution in [-0.2, 0) is 0 Å². The van der Waals surface area contributed by atoms with Gasteiger partial charge in [0.15, 0.2) is 5.78 Å². The van der Waals surface area contributed by atoms with E-state index in [0.29, 0.717) is 28.1 Å². The SMILES string of the molecule is Cc1ccc(/C=C/C(=O)c2cnn(-c3ccc(F)cc3)c2C)cc1[N+](=O)[O-]. The Hall–Kier alpha value is -3.61. The normalized spacial score (nSPS) is 11.1. The molecule has 136 valence electrons. The van der Waals surface area contributed by atoms with Gasteiger partial charge in [-0.3, -0.25) is 14.9 Å². The van der Waals surface area contributed by atoms with E-state index in [1.54, 1.807) is 42.8 Å². The van der Waals surface area contributed by atoms with Crippen molar-refractivity contribution < 1.29 is 14.1 Å². The van der Waals surface area contributed by atoms with Crippen LogP contribution >= 0.6 is 0 Å². The number of rotatable bonds is 5. The summed E-state index contributed by atoms with van der Waals surface area (Å²) < 4.78 is 14.6. The molecule has 0 saturated carbocycles. The summed E-state index contributed by atoms with van der Waals surface area (Å²) in [6.45, 7) is 3.40. The van der Waals surface area contributed by atoms with Gasteiger partial charge in [0.2, 0.25) is 0 Å². The molecule has 0 aliphatic carbocycles. The second kappa shape index (κ2) is 7.33. The van der Waals surface area contributed by atoms with E-state index in [1.807, 2.05) is 0 Å². The van der Waals surface area contributed by atoms with E-state index in [9.17, 15) is 19.3 Å². The molecule has 0 N–H and O–H groups in total. The molecule has 0 spiro atoms. The molecule has 0 fully saturated rings. The second-order valence-corrected chi connectivity index (χ2v) is 6.03. The number of carbonyl (C=O) groups is 1. The van der Waals surface area contributed by atoms with Gasteiger partial charge in [0, 0.05) is 11.6 Å². The van der Waals surface area contributed by atoms with Crippen LogP contribution in [0.4, 0.5) is 10.1 Å². The number of benzene rings is 2. The molecule has 0 amide bonds. The molecule has 0 bridgehead atoms. The van der Waals surface area contributed by atoms with Crippen molar-refractivity contribution >= 4 is 17.5 Å². The van der Waals surface area contributed by atoms with Crippen molar-refractivity contribution in [2.75, 3.05) is 0 Å². The first kappa shape index (κ1) is 18.2. The number of nitrogens with zero attached hydrogens (tertiary/aromatic N) is 3. The lowest BCUT2D eigenvalue weighted by atomic mass is 10.1. The summed E-state index contributed by atoms with van der Waals surface area (Å²) in [5, 5.41) is 15.2. The lowest BCUT2D eigenvalue weighted by Gasteiger charge is -2.04. The van der Waals surface area contributed by atoms with Crippen LogP contribution in [0.15, 0.2) is 54.7 Å². The lowest BCUT2D eigenvalue weighted by Crippen LogP contribution is -2.01. The molecule has 3 aromatic rings. The van der Waals surface area contributed by atoms with Crippen LogP contribution in [0, 0.1) is 29.8 Å². The molecule has 0 unspecified atom stereocenters. The van der Waals surface area contributed by atoms with Crippen molar-refractivity contribution in [2.24, 2.45) is 0 Å². The summed E-state index contributed by atoms with van der Waals surface area (Å²) in [5.41, 5.74) is 2.78. The predicted octanol–water partition coefficient (Wildman–Crippen LogP) is 4.43. The molecule has 7 heteroatoms. The van der Waals surface area contributed by atoms with Crippen LogP contribution in [0.3, 0.4) is 0 Å². The van der Waals surface area contributed by atoms with E-state index in [4.69, 9.17) is 0 Å². The highest BCUT2D eigenvalue weighted by atomic mass is 19.1. The molecule has 0 radical (unpaired) electrons. The minimum absolute atomic E-state index is 0.00455. The highest BCUT2D eigenvalue weighted by molar-refractivity contribution is 6.07. The smallest absolute Gasteiger partial charge is 0.272 e. The Morgan fingerprint density at radius 3 is 2.56 bits per heavy atom. The summed E-state index contributed by atoms with van der Waals surface area (Å²) >= 11 is 0. The van der Waals surface area contributed by atoms with Gasteiger partial charge in [-0.1, -0.05) is 18.2 Å². The summed E-state index contributed by atoms with van der Waals surface area (Å²) in [6, 6.07) is 10.6. The van der Waals surface area contributed by atoms with Gasteiger partial charge in [-0.25, -0.2) is 9.07 Å². The lowest BCUT2D eigenvalue weighted by molar-refractivity contribution is -0.385. The predicted molar refractivity (Wildman–Crippen MR) is 99.5 cm³/mol. The molecule has 0 atom stereocenters. The molecule has 0 aliphatic heterocycles. The quantitative estimate of drug-likeness (QED) is 0.290. The number of aromatic nitrogens is 2. The van der Waals surface area contributed by atoms with Crippen molar-refractivity contribution in [3.63, 3.8) is 0 Å². The van der Waals surface area contributed by atoms with Gasteiger partial charge in [0.05, 0.1) is 28.1 Å².